The van der Waals surface area contributed by atoms with Gasteiger partial charge in [0.25, 0.3) is 0 Å². The monoisotopic (exact) mass is 234 g/mol. The van der Waals surface area contributed by atoms with Crippen molar-refractivity contribution < 1.29 is 19.7 Å². The normalized spacial score (nSPS) is 24.0. The lowest BCUT2D eigenvalue weighted by atomic mass is 9.87. The largest absolute Gasteiger partial charge is 0.296 e. The fourth-order valence-corrected chi connectivity index (χ4v) is 2.31. The summed E-state index contributed by atoms with van der Waals surface area (Å²) in [6, 6.07) is 7.12. The van der Waals surface area contributed by atoms with E-state index in [2.05, 4.69) is 4.89 Å². The van der Waals surface area contributed by atoms with Crippen LogP contribution in [0.25, 0.3) is 0 Å². The van der Waals surface area contributed by atoms with Crippen molar-refractivity contribution in [2.75, 3.05) is 0 Å². The molecular weight excluding hydrogens is 220 g/mol. The van der Waals surface area contributed by atoms with E-state index in [1.54, 1.807) is 12.1 Å². The van der Waals surface area contributed by atoms with Crippen LogP contribution in [0.5, 0.6) is 0 Å². The van der Waals surface area contributed by atoms with E-state index in [1.807, 2.05) is 12.1 Å². The Labute approximate surface area is 99.1 Å². The molecule has 0 radical (unpaired) electrons. The zero-order chi connectivity index (χ0) is 12.5. The highest BCUT2D eigenvalue weighted by Gasteiger charge is 2.47. The van der Waals surface area contributed by atoms with E-state index in [0.717, 1.165) is 5.56 Å². The molecule has 1 aliphatic rings. The lowest BCUT2D eigenvalue weighted by Gasteiger charge is -2.24. The molecule has 0 bridgehead atoms. The number of ketones is 2. The summed E-state index contributed by atoms with van der Waals surface area (Å²) in [5.41, 5.74) is -0.348. The summed E-state index contributed by atoms with van der Waals surface area (Å²) in [6.07, 6.45) is 1.55. The molecule has 1 aromatic carbocycles. The van der Waals surface area contributed by atoms with Crippen LogP contribution in [-0.2, 0) is 16.1 Å². The van der Waals surface area contributed by atoms with Crippen molar-refractivity contribution >= 4 is 11.6 Å². The third-order valence-corrected chi connectivity index (χ3v) is 3.33. The van der Waals surface area contributed by atoms with Crippen molar-refractivity contribution in [3.8, 4) is 0 Å². The van der Waals surface area contributed by atoms with Crippen molar-refractivity contribution in [3.05, 3.63) is 35.4 Å². The average molecular weight is 234 g/mol. The Balaban J connectivity index is 2.55. The van der Waals surface area contributed by atoms with Crippen LogP contribution in [0.1, 0.15) is 35.7 Å². The first-order valence-electron chi connectivity index (χ1n) is 5.58. The van der Waals surface area contributed by atoms with Gasteiger partial charge in [0.05, 0.1) is 0 Å². The topological polar surface area (TPSA) is 63.6 Å². The van der Waals surface area contributed by atoms with Gasteiger partial charge in [0.1, 0.15) is 0 Å². The first-order valence-corrected chi connectivity index (χ1v) is 5.58. The van der Waals surface area contributed by atoms with Crippen molar-refractivity contribution in [2.45, 2.75) is 31.8 Å². The molecule has 1 unspecified atom stereocenters. The number of Topliss-reactive ketones (excluding diaryl/α,β-unsaturated/α-hetero) is 2. The minimum Gasteiger partial charge on any atom is -0.296 e. The van der Waals surface area contributed by atoms with Crippen LogP contribution in [0.15, 0.2) is 24.3 Å². The molecule has 0 aromatic heterocycles. The summed E-state index contributed by atoms with van der Waals surface area (Å²) < 4.78 is 0. The van der Waals surface area contributed by atoms with Gasteiger partial charge in [-0.2, -0.15) is 0 Å². The minimum absolute atomic E-state index is 0.215. The second-order valence-electron chi connectivity index (χ2n) is 4.31. The lowest BCUT2D eigenvalue weighted by Crippen LogP contribution is -2.47. The highest BCUT2D eigenvalue weighted by Crippen LogP contribution is 2.30. The fraction of sp³-hybridized carbons (Fsp3) is 0.385. The molecule has 1 N–H and O–H groups in total. The Kier molecular flexibility index (Phi) is 3.09. The summed E-state index contributed by atoms with van der Waals surface area (Å²) in [5.74, 6) is -0.901. The molecule has 0 heterocycles. The van der Waals surface area contributed by atoms with Crippen LogP contribution in [0.2, 0.25) is 0 Å². The van der Waals surface area contributed by atoms with E-state index in [0.29, 0.717) is 18.4 Å². The van der Waals surface area contributed by atoms with Crippen LogP contribution >= 0.6 is 0 Å². The molecule has 2 rings (SSSR count). The first-order chi connectivity index (χ1) is 8.12. The summed E-state index contributed by atoms with van der Waals surface area (Å²) in [4.78, 5) is 28.2. The summed E-state index contributed by atoms with van der Waals surface area (Å²) in [6.45, 7) is 1.27. The highest BCUT2D eigenvalue weighted by atomic mass is 17.1. The van der Waals surface area contributed by atoms with Gasteiger partial charge in [-0.3, -0.25) is 14.8 Å². The second kappa shape index (κ2) is 4.39. The van der Waals surface area contributed by atoms with Crippen molar-refractivity contribution in [1.29, 1.82) is 0 Å². The Hall–Kier alpha value is -1.52. The predicted octanol–water partition coefficient (Wildman–Crippen LogP) is 2.02. The number of carbonyl (C=O) groups is 2. The minimum atomic E-state index is -1.72. The lowest BCUT2D eigenvalue weighted by molar-refractivity contribution is -0.295. The SMILES string of the molecule is CC(=O)C1(OO)CCCc2ccccc2C1=O. The van der Waals surface area contributed by atoms with Gasteiger partial charge in [0.2, 0.25) is 11.4 Å². The molecule has 0 saturated carbocycles. The molecule has 1 aliphatic carbocycles. The van der Waals surface area contributed by atoms with Crippen LogP contribution in [0.4, 0.5) is 0 Å². The van der Waals surface area contributed by atoms with E-state index in [-0.39, 0.29) is 6.42 Å². The van der Waals surface area contributed by atoms with Crippen molar-refractivity contribution in [3.63, 3.8) is 0 Å². The van der Waals surface area contributed by atoms with Crippen LogP contribution in [-0.4, -0.2) is 22.4 Å². The zero-order valence-electron chi connectivity index (χ0n) is 9.60. The van der Waals surface area contributed by atoms with Gasteiger partial charge >= 0.3 is 0 Å². The molecule has 17 heavy (non-hydrogen) atoms. The average Bonchev–Trinajstić information content (AvgIpc) is 2.48. The van der Waals surface area contributed by atoms with Crippen LogP contribution in [0.3, 0.4) is 0 Å². The smallest absolute Gasteiger partial charge is 0.223 e. The fourth-order valence-electron chi connectivity index (χ4n) is 2.31. The van der Waals surface area contributed by atoms with Crippen molar-refractivity contribution in [1.82, 2.24) is 0 Å². The standard InChI is InChI=1S/C13H14O4/c1-9(14)13(17-16)8-4-6-10-5-2-3-7-11(10)12(13)15/h2-3,5,7,16H,4,6,8H2,1H3. The molecule has 1 aromatic rings. The Morgan fingerprint density at radius 1 is 1.41 bits per heavy atom. The van der Waals surface area contributed by atoms with Crippen LogP contribution in [0, 0.1) is 0 Å². The number of hydrogen-bond acceptors (Lipinski definition) is 4. The first kappa shape index (κ1) is 12.0. The summed E-state index contributed by atoms with van der Waals surface area (Å²) >= 11 is 0. The van der Waals surface area contributed by atoms with Gasteiger partial charge in [0.15, 0.2) is 5.78 Å². The molecule has 0 fully saturated rings. The molecule has 0 aliphatic heterocycles. The molecule has 0 spiro atoms. The number of hydrogen-bond donors (Lipinski definition) is 1. The summed E-state index contributed by atoms with van der Waals surface area (Å²) in [7, 11) is 0. The highest BCUT2D eigenvalue weighted by molar-refractivity contribution is 6.17. The predicted molar refractivity (Wildman–Crippen MR) is 60.8 cm³/mol. The third-order valence-electron chi connectivity index (χ3n) is 3.33. The number of benzene rings is 1. The second-order valence-corrected chi connectivity index (χ2v) is 4.31. The van der Waals surface area contributed by atoms with Gasteiger partial charge < -0.3 is 0 Å². The molecular formula is C13H14O4. The zero-order valence-corrected chi connectivity index (χ0v) is 9.60. The van der Waals surface area contributed by atoms with E-state index in [4.69, 9.17) is 5.26 Å². The number of fused-ring (bicyclic) bond motifs is 1. The molecule has 90 valence electrons. The van der Waals surface area contributed by atoms with Gasteiger partial charge in [-0.05, 0) is 31.7 Å². The maximum Gasteiger partial charge on any atom is 0.223 e. The van der Waals surface area contributed by atoms with E-state index < -0.39 is 17.2 Å². The number of rotatable bonds is 2. The summed E-state index contributed by atoms with van der Waals surface area (Å²) in [5, 5.41) is 8.99. The Bertz CT molecular complexity index is 466. The maximum absolute atomic E-state index is 12.3. The van der Waals surface area contributed by atoms with Crippen molar-refractivity contribution in [2.24, 2.45) is 0 Å². The molecule has 1 atom stereocenters. The third kappa shape index (κ3) is 1.79. The molecule has 0 amide bonds. The van der Waals surface area contributed by atoms with Gasteiger partial charge in [-0.15, -0.1) is 0 Å². The number of carbonyl (C=O) groups excluding carboxylic acids is 2. The molecule has 4 heteroatoms. The van der Waals surface area contributed by atoms with E-state index >= 15 is 0 Å². The number of aryl methyl sites for hydroxylation is 1. The maximum atomic E-state index is 12.3. The van der Waals surface area contributed by atoms with E-state index in [9.17, 15) is 9.59 Å². The molecule has 0 saturated heterocycles. The quantitative estimate of drug-likeness (QED) is 0.368. The Morgan fingerprint density at radius 2 is 2.12 bits per heavy atom. The van der Waals surface area contributed by atoms with Crippen LogP contribution < -0.4 is 0 Å². The van der Waals surface area contributed by atoms with Gasteiger partial charge in [-0.1, -0.05) is 24.3 Å². The van der Waals surface area contributed by atoms with Gasteiger partial charge in [0, 0.05) is 5.56 Å². The van der Waals surface area contributed by atoms with E-state index in [1.165, 1.54) is 6.92 Å². The Morgan fingerprint density at radius 3 is 2.76 bits per heavy atom. The molecule has 4 nitrogen and oxygen atoms in total. The van der Waals surface area contributed by atoms with Gasteiger partial charge in [-0.25, -0.2) is 4.89 Å².